The van der Waals surface area contributed by atoms with Crippen molar-refractivity contribution in [1.82, 2.24) is 5.06 Å². The largest absolute Gasteiger partial charge is 0.490 e. The van der Waals surface area contributed by atoms with Crippen LogP contribution in [0.2, 0.25) is 0 Å². The molecule has 0 spiro atoms. The molecule has 2 amide bonds. The predicted octanol–water partition coefficient (Wildman–Crippen LogP) is 6.14. The van der Waals surface area contributed by atoms with Crippen molar-refractivity contribution < 1.29 is 33.4 Å². The van der Waals surface area contributed by atoms with E-state index in [2.05, 4.69) is 20.8 Å². The van der Waals surface area contributed by atoms with Crippen molar-refractivity contribution in [1.29, 1.82) is 0 Å². The molecule has 45 heavy (non-hydrogen) atoms. The van der Waals surface area contributed by atoms with Crippen LogP contribution in [0.25, 0.3) is 0 Å². The van der Waals surface area contributed by atoms with Crippen LogP contribution in [0.5, 0.6) is 11.5 Å². The molecule has 238 valence electrons. The maximum absolute atomic E-state index is 14.3. The molecule has 9 nitrogen and oxygen atoms in total. The smallest absolute Gasteiger partial charge is 0.341 e. The second-order valence-corrected chi connectivity index (χ2v) is 14.0. The molecule has 0 N–H and O–H groups in total. The number of imide groups is 1. The molecular weight excluding hydrogens is 592 g/mol. The topological polar surface area (TPSA) is 94.6 Å². The number of hydrogen-bond donors (Lipinski definition) is 0. The van der Waals surface area contributed by atoms with Crippen LogP contribution in [0.4, 0.5) is 5.00 Å². The minimum atomic E-state index is -1.01. The van der Waals surface area contributed by atoms with Gasteiger partial charge in [-0.15, -0.1) is 11.3 Å². The van der Waals surface area contributed by atoms with Crippen molar-refractivity contribution in [2.45, 2.75) is 65.7 Å². The lowest BCUT2D eigenvalue weighted by atomic mass is 9.72. The van der Waals surface area contributed by atoms with Gasteiger partial charge in [0.2, 0.25) is 5.91 Å². The van der Waals surface area contributed by atoms with Gasteiger partial charge in [-0.1, -0.05) is 57.2 Å². The fraction of sp³-hybridized carbons (Fsp3) is 0.457. The Morgan fingerprint density at radius 3 is 2.49 bits per heavy atom. The van der Waals surface area contributed by atoms with Crippen molar-refractivity contribution in [2.24, 2.45) is 17.3 Å². The first-order valence-corrected chi connectivity index (χ1v) is 16.3. The van der Waals surface area contributed by atoms with Gasteiger partial charge < -0.3 is 14.2 Å². The highest BCUT2D eigenvalue weighted by Gasteiger charge is 2.60. The third kappa shape index (κ3) is 5.64. The van der Waals surface area contributed by atoms with Gasteiger partial charge in [-0.25, -0.2) is 9.69 Å². The lowest BCUT2D eigenvalue weighted by molar-refractivity contribution is -0.160. The molecule has 4 atom stereocenters. The Bertz CT molecular complexity index is 1610. The number of hydrogen-bond acceptors (Lipinski definition) is 9. The number of methoxy groups -OCH3 is 1. The quantitative estimate of drug-likeness (QED) is 0.216. The number of thiophene rings is 1. The van der Waals surface area contributed by atoms with Crippen LogP contribution in [0.15, 0.2) is 48.5 Å². The molecule has 1 aromatic heterocycles. The summed E-state index contributed by atoms with van der Waals surface area (Å²) in [5, 5.41) is 1.92. The van der Waals surface area contributed by atoms with Crippen molar-refractivity contribution in [2.75, 3.05) is 25.7 Å². The maximum Gasteiger partial charge on any atom is 0.341 e. The molecule has 6 rings (SSSR count). The average Bonchev–Trinajstić information content (AvgIpc) is 3.64. The highest BCUT2D eigenvalue weighted by Crippen LogP contribution is 2.51. The number of hydroxylamine groups is 2. The molecule has 1 aliphatic carbocycles. The Morgan fingerprint density at radius 1 is 1.04 bits per heavy atom. The SMILES string of the molecule is CCOc1cc(C2C3C(=O)N(c4sc5c(c4C(=O)OC)CCC(C(C)(C)C)C5)C(=O)C3ON2C)ccc1OCc1ccccc1. The van der Waals surface area contributed by atoms with E-state index in [-0.39, 0.29) is 5.41 Å². The Morgan fingerprint density at radius 2 is 1.80 bits per heavy atom. The number of nitrogens with zero attached hydrogens (tertiary/aromatic N) is 2. The summed E-state index contributed by atoms with van der Waals surface area (Å²) < 4.78 is 17.2. The first kappa shape index (κ1) is 31.3. The molecule has 2 aromatic carbocycles. The number of ether oxygens (including phenoxy) is 3. The van der Waals surface area contributed by atoms with Gasteiger partial charge in [0.1, 0.15) is 11.6 Å². The highest BCUT2D eigenvalue weighted by molar-refractivity contribution is 7.17. The minimum absolute atomic E-state index is 0.0949. The van der Waals surface area contributed by atoms with E-state index >= 15 is 0 Å². The molecule has 2 saturated heterocycles. The number of fused-ring (bicyclic) bond motifs is 2. The number of carbonyl (C=O) groups is 3. The summed E-state index contributed by atoms with van der Waals surface area (Å²) in [6, 6.07) is 14.9. The predicted molar refractivity (Wildman–Crippen MR) is 170 cm³/mol. The zero-order chi connectivity index (χ0) is 32.0. The summed E-state index contributed by atoms with van der Waals surface area (Å²) in [7, 11) is 3.06. The molecule has 2 fully saturated rings. The van der Waals surface area contributed by atoms with Crippen LogP contribution in [0.1, 0.15) is 72.1 Å². The number of amides is 2. The Labute approximate surface area is 268 Å². The van der Waals surface area contributed by atoms with Crippen molar-refractivity contribution in [3.8, 4) is 11.5 Å². The van der Waals surface area contributed by atoms with E-state index in [1.165, 1.54) is 23.3 Å². The summed E-state index contributed by atoms with van der Waals surface area (Å²) in [6.45, 7) is 9.37. The van der Waals surface area contributed by atoms with Crippen molar-refractivity contribution in [3.63, 3.8) is 0 Å². The van der Waals surface area contributed by atoms with Crippen LogP contribution in [0.3, 0.4) is 0 Å². The molecule has 0 radical (unpaired) electrons. The molecule has 0 bridgehead atoms. The first-order chi connectivity index (χ1) is 21.5. The third-order valence-electron chi connectivity index (χ3n) is 9.22. The van der Waals surface area contributed by atoms with Crippen LogP contribution < -0.4 is 14.4 Å². The van der Waals surface area contributed by atoms with E-state index in [0.717, 1.165) is 34.4 Å². The molecular formula is C35H40N2O7S. The normalized spacial score (nSPS) is 23.2. The number of esters is 1. The fourth-order valence-electron chi connectivity index (χ4n) is 6.78. The summed E-state index contributed by atoms with van der Waals surface area (Å²) in [4.78, 5) is 49.6. The summed E-state index contributed by atoms with van der Waals surface area (Å²) >= 11 is 1.36. The van der Waals surface area contributed by atoms with Crippen LogP contribution in [-0.4, -0.2) is 49.7 Å². The van der Waals surface area contributed by atoms with Gasteiger partial charge >= 0.3 is 5.97 Å². The highest BCUT2D eigenvalue weighted by atomic mass is 32.1. The lowest BCUT2D eigenvalue weighted by Crippen LogP contribution is -2.36. The van der Waals surface area contributed by atoms with E-state index in [1.807, 2.05) is 55.5 Å². The van der Waals surface area contributed by atoms with E-state index in [1.54, 1.807) is 12.1 Å². The van der Waals surface area contributed by atoms with Gasteiger partial charge in [0.05, 0.1) is 31.2 Å². The minimum Gasteiger partial charge on any atom is -0.490 e. The number of anilines is 1. The summed E-state index contributed by atoms with van der Waals surface area (Å²) in [5.41, 5.74) is 3.10. The van der Waals surface area contributed by atoms with Gasteiger partial charge in [-0.2, -0.15) is 5.06 Å². The van der Waals surface area contributed by atoms with Gasteiger partial charge in [0, 0.05) is 11.9 Å². The Hall–Kier alpha value is -3.73. The van der Waals surface area contributed by atoms with Gasteiger partial charge in [0.25, 0.3) is 5.91 Å². The van der Waals surface area contributed by atoms with Crippen LogP contribution in [0, 0.1) is 17.3 Å². The average molecular weight is 633 g/mol. The maximum atomic E-state index is 14.3. The second kappa shape index (κ2) is 12.2. The molecule has 0 saturated carbocycles. The third-order valence-corrected chi connectivity index (χ3v) is 10.5. The monoisotopic (exact) mass is 632 g/mol. The zero-order valence-electron chi connectivity index (χ0n) is 26.6. The van der Waals surface area contributed by atoms with Crippen molar-refractivity contribution >= 4 is 34.1 Å². The Kier molecular flexibility index (Phi) is 8.49. The lowest BCUT2D eigenvalue weighted by Gasteiger charge is -2.33. The molecule has 4 unspecified atom stereocenters. The molecule has 2 aliphatic heterocycles. The number of rotatable bonds is 8. The van der Waals surface area contributed by atoms with E-state index in [0.29, 0.717) is 47.6 Å². The Balaban J connectivity index is 1.32. The molecule has 3 aromatic rings. The molecule has 3 heterocycles. The first-order valence-electron chi connectivity index (χ1n) is 15.5. The fourth-order valence-corrected chi connectivity index (χ4v) is 8.20. The van der Waals surface area contributed by atoms with E-state index < -0.39 is 35.8 Å². The van der Waals surface area contributed by atoms with Gasteiger partial charge in [0.15, 0.2) is 17.6 Å². The van der Waals surface area contributed by atoms with Crippen molar-refractivity contribution in [3.05, 3.63) is 75.7 Å². The van der Waals surface area contributed by atoms with E-state index in [9.17, 15) is 14.4 Å². The van der Waals surface area contributed by atoms with Crippen LogP contribution in [-0.2, 0) is 38.6 Å². The molecule has 3 aliphatic rings. The van der Waals surface area contributed by atoms with E-state index in [4.69, 9.17) is 19.0 Å². The number of carbonyl (C=O) groups excluding carboxylic acids is 3. The second-order valence-electron chi connectivity index (χ2n) is 12.9. The zero-order valence-corrected chi connectivity index (χ0v) is 27.4. The van der Waals surface area contributed by atoms with Crippen LogP contribution >= 0.6 is 11.3 Å². The van der Waals surface area contributed by atoms with Gasteiger partial charge in [-0.3, -0.25) is 14.4 Å². The standard InChI is InChI=1S/C35H40N2O7S/c1-7-42-25-17-21(13-16-24(25)43-19-20-11-9-8-10-12-20)29-28-30(44-36(29)5)32(39)37(31(28)38)33-27(34(40)41-6)23-15-14-22(35(2,3)4)18-26(23)45-33/h8-13,16-17,22,28-30H,7,14-15,18-19H2,1-6H3. The summed E-state index contributed by atoms with van der Waals surface area (Å²) in [5.74, 6) is -0.647. The number of benzene rings is 2. The molecule has 10 heteroatoms. The van der Waals surface area contributed by atoms with Gasteiger partial charge in [-0.05, 0) is 66.3 Å². The summed E-state index contributed by atoms with van der Waals surface area (Å²) in [6.07, 6.45) is 1.40.